The average Bonchev–Trinajstić information content (AvgIpc) is 2.70. The lowest BCUT2D eigenvalue weighted by molar-refractivity contribution is 0.0809. The van der Waals surface area contributed by atoms with E-state index in [1.807, 2.05) is 38.1 Å². The van der Waals surface area contributed by atoms with Gasteiger partial charge in [0.2, 0.25) is 0 Å². The van der Waals surface area contributed by atoms with E-state index in [9.17, 15) is 4.79 Å². The molecule has 4 nitrogen and oxygen atoms in total. The van der Waals surface area contributed by atoms with Gasteiger partial charge in [0.15, 0.2) is 5.78 Å². The van der Waals surface area contributed by atoms with E-state index in [0.717, 1.165) is 61.7 Å². The Morgan fingerprint density at radius 2 is 1.93 bits per heavy atom. The molecule has 0 amide bonds. The maximum atomic E-state index is 12.5. The van der Waals surface area contributed by atoms with Crippen LogP contribution in [0.1, 0.15) is 47.6 Å². The molecule has 27 heavy (non-hydrogen) atoms. The number of benzene rings is 1. The molecule has 0 atom stereocenters. The first-order chi connectivity index (χ1) is 13.0. The fraction of sp³-hybridized carbons (Fsp3) is 0.391. The Morgan fingerprint density at radius 1 is 1.11 bits per heavy atom. The van der Waals surface area contributed by atoms with Crippen LogP contribution in [0.5, 0.6) is 0 Å². The summed E-state index contributed by atoms with van der Waals surface area (Å²) < 4.78 is 5.42. The Hall–Kier alpha value is -2.64. The second-order valence-corrected chi connectivity index (χ2v) is 7.80. The molecular weight excluding hydrogens is 336 g/mol. The molecule has 1 aromatic carbocycles. The lowest BCUT2D eigenvalue weighted by atomic mass is 9.75. The molecule has 1 aromatic heterocycles. The second-order valence-electron chi connectivity index (χ2n) is 7.80. The van der Waals surface area contributed by atoms with Crippen molar-refractivity contribution in [3.8, 4) is 11.8 Å². The lowest BCUT2D eigenvalue weighted by Crippen LogP contribution is -2.36. The maximum absolute atomic E-state index is 12.5. The Kier molecular flexibility index (Phi) is 4.72. The van der Waals surface area contributed by atoms with Gasteiger partial charge in [-0.05, 0) is 49.1 Å². The molecule has 1 aliphatic carbocycles. The topological polar surface area (TPSA) is 42.4 Å². The fourth-order valence-corrected chi connectivity index (χ4v) is 3.62. The van der Waals surface area contributed by atoms with Gasteiger partial charge in [-0.2, -0.15) is 0 Å². The third-order valence-electron chi connectivity index (χ3n) is 5.38. The predicted octanol–water partition coefficient (Wildman–Crippen LogP) is 3.47. The van der Waals surface area contributed by atoms with Crippen LogP contribution < -0.4 is 4.90 Å². The van der Waals surface area contributed by atoms with Gasteiger partial charge in [-0.1, -0.05) is 25.8 Å². The minimum Gasteiger partial charge on any atom is -0.378 e. The average molecular weight is 360 g/mol. The molecule has 1 aliphatic heterocycles. The zero-order chi connectivity index (χ0) is 18.9. The summed E-state index contributed by atoms with van der Waals surface area (Å²) in [6, 6.07) is 12.0. The normalized spacial score (nSPS) is 18.4. The number of carbonyl (C=O) groups excluding carboxylic acids is 1. The lowest BCUT2D eigenvalue weighted by Gasteiger charge is -2.29. The molecule has 4 heteroatoms. The van der Waals surface area contributed by atoms with Gasteiger partial charge in [-0.15, -0.1) is 0 Å². The van der Waals surface area contributed by atoms with E-state index in [0.29, 0.717) is 0 Å². The van der Waals surface area contributed by atoms with Crippen molar-refractivity contribution < 1.29 is 9.53 Å². The van der Waals surface area contributed by atoms with Crippen LogP contribution in [0, 0.1) is 17.3 Å². The Bertz CT molecular complexity index is 931. The van der Waals surface area contributed by atoms with Crippen LogP contribution in [0.2, 0.25) is 0 Å². The van der Waals surface area contributed by atoms with Crippen molar-refractivity contribution in [3.63, 3.8) is 0 Å². The van der Waals surface area contributed by atoms with E-state index in [1.54, 1.807) is 0 Å². The molecule has 2 heterocycles. The number of ketones is 1. The molecule has 1 saturated heterocycles. The summed E-state index contributed by atoms with van der Waals surface area (Å²) >= 11 is 0. The van der Waals surface area contributed by atoms with Crippen LogP contribution in [0.15, 0.2) is 36.4 Å². The number of rotatable bonds is 1. The standard InChI is InChI=1S/C23H24N2O2/c1-23(2)11-10-21-20(22(23)26)9-8-18(24-21)7-6-17-4-3-5-19(16-17)25-12-14-27-15-13-25/h3-5,8-9,16H,10-15H2,1-2H3. The Labute approximate surface area is 160 Å². The molecule has 2 aliphatic rings. The Morgan fingerprint density at radius 3 is 2.74 bits per heavy atom. The number of Topliss-reactive ketones (excluding diaryl/α,β-unsaturated/α-hetero) is 1. The fourth-order valence-electron chi connectivity index (χ4n) is 3.62. The van der Waals surface area contributed by atoms with Crippen molar-refractivity contribution in [2.45, 2.75) is 26.7 Å². The monoisotopic (exact) mass is 360 g/mol. The summed E-state index contributed by atoms with van der Waals surface area (Å²) in [6.45, 7) is 7.37. The van der Waals surface area contributed by atoms with E-state index < -0.39 is 0 Å². The minimum atomic E-state index is -0.290. The third kappa shape index (κ3) is 3.74. The molecule has 138 valence electrons. The van der Waals surface area contributed by atoms with E-state index >= 15 is 0 Å². The highest BCUT2D eigenvalue weighted by molar-refractivity contribution is 6.01. The number of carbonyl (C=O) groups is 1. The van der Waals surface area contributed by atoms with E-state index in [-0.39, 0.29) is 11.2 Å². The van der Waals surface area contributed by atoms with Gasteiger partial charge in [0, 0.05) is 35.3 Å². The van der Waals surface area contributed by atoms with Crippen molar-refractivity contribution in [2.24, 2.45) is 5.41 Å². The van der Waals surface area contributed by atoms with Gasteiger partial charge in [0.25, 0.3) is 0 Å². The summed E-state index contributed by atoms with van der Waals surface area (Å²) in [5.74, 6) is 6.57. The van der Waals surface area contributed by atoms with Gasteiger partial charge in [-0.3, -0.25) is 4.79 Å². The summed E-state index contributed by atoms with van der Waals surface area (Å²) in [6.07, 6.45) is 1.67. The highest BCUT2D eigenvalue weighted by Crippen LogP contribution is 2.33. The molecule has 2 aromatic rings. The van der Waals surface area contributed by atoms with Gasteiger partial charge in [-0.25, -0.2) is 4.98 Å². The number of morpholine rings is 1. The summed E-state index contributed by atoms with van der Waals surface area (Å²) in [7, 11) is 0. The van der Waals surface area contributed by atoms with Crippen LogP contribution in [0.25, 0.3) is 0 Å². The number of fused-ring (bicyclic) bond motifs is 1. The quantitative estimate of drug-likeness (QED) is 0.731. The van der Waals surface area contributed by atoms with E-state index in [2.05, 4.69) is 33.9 Å². The number of hydrogen-bond donors (Lipinski definition) is 0. The van der Waals surface area contributed by atoms with Crippen molar-refractivity contribution in [1.82, 2.24) is 4.98 Å². The number of aromatic nitrogens is 1. The molecule has 1 fully saturated rings. The first-order valence-corrected chi connectivity index (χ1v) is 9.52. The van der Waals surface area contributed by atoms with Gasteiger partial charge < -0.3 is 9.64 Å². The molecule has 0 unspecified atom stereocenters. The summed E-state index contributed by atoms with van der Waals surface area (Å²) in [4.78, 5) is 19.5. The SMILES string of the molecule is CC1(C)CCc2nc(C#Cc3cccc(N4CCOCC4)c3)ccc2C1=O. The van der Waals surface area contributed by atoms with E-state index in [1.165, 1.54) is 5.69 Å². The van der Waals surface area contributed by atoms with Gasteiger partial charge in [0.05, 0.1) is 18.9 Å². The van der Waals surface area contributed by atoms with Crippen molar-refractivity contribution >= 4 is 11.5 Å². The maximum Gasteiger partial charge on any atom is 0.170 e. The highest BCUT2D eigenvalue weighted by atomic mass is 16.5. The van der Waals surface area contributed by atoms with Gasteiger partial charge in [0.1, 0.15) is 5.69 Å². The second kappa shape index (κ2) is 7.17. The van der Waals surface area contributed by atoms with Gasteiger partial charge >= 0.3 is 0 Å². The molecule has 4 rings (SSSR count). The third-order valence-corrected chi connectivity index (χ3v) is 5.38. The van der Waals surface area contributed by atoms with Crippen LogP contribution >= 0.6 is 0 Å². The smallest absolute Gasteiger partial charge is 0.170 e. The summed E-state index contributed by atoms with van der Waals surface area (Å²) in [5, 5.41) is 0. The molecule has 0 bridgehead atoms. The van der Waals surface area contributed by atoms with Crippen molar-refractivity contribution in [2.75, 3.05) is 31.2 Å². The number of anilines is 1. The number of aryl methyl sites for hydroxylation is 1. The zero-order valence-electron chi connectivity index (χ0n) is 15.9. The highest BCUT2D eigenvalue weighted by Gasteiger charge is 2.34. The van der Waals surface area contributed by atoms with Crippen LogP contribution in [-0.2, 0) is 11.2 Å². The molecule has 0 spiro atoms. The molecule has 0 radical (unpaired) electrons. The Balaban J connectivity index is 1.56. The van der Waals surface area contributed by atoms with Crippen molar-refractivity contribution in [1.29, 1.82) is 0 Å². The number of hydrogen-bond acceptors (Lipinski definition) is 4. The van der Waals surface area contributed by atoms with Crippen molar-refractivity contribution in [3.05, 3.63) is 58.9 Å². The number of ether oxygens (including phenoxy) is 1. The zero-order valence-corrected chi connectivity index (χ0v) is 15.9. The molecule has 0 saturated carbocycles. The predicted molar refractivity (Wildman–Crippen MR) is 106 cm³/mol. The number of nitrogens with zero attached hydrogens (tertiary/aromatic N) is 2. The molecular formula is C23H24N2O2. The first kappa shape index (κ1) is 17.8. The van der Waals surface area contributed by atoms with Crippen LogP contribution in [0.4, 0.5) is 5.69 Å². The first-order valence-electron chi connectivity index (χ1n) is 9.52. The van der Waals surface area contributed by atoms with E-state index in [4.69, 9.17) is 4.74 Å². The summed E-state index contributed by atoms with van der Waals surface area (Å²) in [5.41, 5.74) is 4.21. The number of pyridine rings is 1. The van der Waals surface area contributed by atoms with Crippen LogP contribution in [0.3, 0.4) is 0 Å². The minimum absolute atomic E-state index is 0.189. The molecule has 0 N–H and O–H groups in total. The van der Waals surface area contributed by atoms with Crippen LogP contribution in [-0.4, -0.2) is 37.1 Å². The largest absolute Gasteiger partial charge is 0.378 e.